The molecule has 1 aliphatic heterocycles. The number of hydrogen-bond acceptors (Lipinski definition) is 2. The molecule has 2 fully saturated rings. The topological polar surface area (TPSA) is 15.3 Å². The Bertz CT molecular complexity index is 244. The molecule has 0 aromatic carbocycles. The second-order valence-electron chi connectivity index (χ2n) is 7.57. The third-order valence-corrected chi connectivity index (χ3v) is 4.83. The Kier molecular flexibility index (Phi) is 4.71. The van der Waals surface area contributed by atoms with Gasteiger partial charge in [0, 0.05) is 24.7 Å². The van der Waals surface area contributed by atoms with Crippen LogP contribution in [0.15, 0.2) is 0 Å². The van der Waals surface area contributed by atoms with E-state index < -0.39 is 0 Å². The van der Waals surface area contributed by atoms with E-state index in [0.29, 0.717) is 0 Å². The molecule has 1 heterocycles. The lowest BCUT2D eigenvalue weighted by Crippen LogP contribution is -2.37. The molecule has 0 aromatic heterocycles. The second kappa shape index (κ2) is 5.92. The summed E-state index contributed by atoms with van der Waals surface area (Å²) in [4.78, 5) is 2.76. The van der Waals surface area contributed by atoms with Crippen molar-refractivity contribution < 1.29 is 0 Å². The van der Waals surface area contributed by atoms with Gasteiger partial charge in [0.15, 0.2) is 0 Å². The molecule has 3 atom stereocenters. The monoisotopic (exact) mass is 252 g/mol. The molecule has 18 heavy (non-hydrogen) atoms. The molecule has 1 saturated carbocycles. The summed E-state index contributed by atoms with van der Waals surface area (Å²) in [6, 6.07) is 0.789. The normalized spacial score (nSPS) is 30.7. The first-order valence-corrected chi connectivity index (χ1v) is 7.95. The van der Waals surface area contributed by atoms with Crippen molar-refractivity contribution >= 4 is 0 Å². The van der Waals surface area contributed by atoms with Crippen molar-refractivity contribution in [2.75, 3.05) is 19.6 Å². The fourth-order valence-electron chi connectivity index (χ4n) is 3.67. The summed E-state index contributed by atoms with van der Waals surface area (Å²) in [6.45, 7) is 13.1. The fourth-order valence-corrected chi connectivity index (χ4v) is 3.67. The van der Waals surface area contributed by atoms with Crippen LogP contribution in [-0.2, 0) is 0 Å². The number of hydrogen-bond donors (Lipinski definition) is 1. The molecule has 2 aliphatic rings. The standard InChI is InChI=1S/C16H32N2/c1-13(7-6-10-17-16(2,3)4)18-11-14-8-5-9-15(14)12-18/h13-15,17H,5-12H2,1-4H3. The number of nitrogens with one attached hydrogen (secondary N) is 1. The first kappa shape index (κ1) is 14.3. The molecule has 1 saturated heterocycles. The summed E-state index contributed by atoms with van der Waals surface area (Å²) < 4.78 is 0. The van der Waals surface area contributed by atoms with Crippen molar-refractivity contribution in [3.8, 4) is 0 Å². The highest BCUT2D eigenvalue weighted by Gasteiger charge is 2.37. The minimum atomic E-state index is 0.272. The van der Waals surface area contributed by atoms with Crippen molar-refractivity contribution in [3.05, 3.63) is 0 Å². The Morgan fingerprint density at radius 1 is 1.17 bits per heavy atom. The van der Waals surface area contributed by atoms with Crippen LogP contribution >= 0.6 is 0 Å². The van der Waals surface area contributed by atoms with Crippen molar-refractivity contribution in [1.82, 2.24) is 10.2 Å². The van der Waals surface area contributed by atoms with Crippen LogP contribution in [0.25, 0.3) is 0 Å². The maximum absolute atomic E-state index is 3.59. The fraction of sp³-hybridized carbons (Fsp3) is 1.00. The summed E-state index contributed by atoms with van der Waals surface area (Å²) in [6.07, 6.45) is 7.15. The Morgan fingerprint density at radius 3 is 2.33 bits per heavy atom. The van der Waals surface area contributed by atoms with Gasteiger partial charge in [-0.25, -0.2) is 0 Å². The van der Waals surface area contributed by atoms with Gasteiger partial charge < -0.3 is 10.2 Å². The van der Waals surface area contributed by atoms with E-state index in [1.807, 2.05) is 0 Å². The third kappa shape index (κ3) is 3.96. The Labute approximate surface area is 114 Å². The van der Waals surface area contributed by atoms with E-state index in [0.717, 1.165) is 24.4 Å². The minimum Gasteiger partial charge on any atom is -0.312 e. The van der Waals surface area contributed by atoms with Crippen LogP contribution in [0.2, 0.25) is 0 Å². The molecule has 2 rings (SSSR count). The summed E-state index contributed by atoms with van der Waals surface area (Å²) >= 11 is 0. The highest BCUT2D eigenvalue weighted by atomic mass is 15.2. The van der Waals surface area contributed by atoms with Gasteiger partial charge in [-0.1, -0.05) is 6.42 Å². The van der Waals surface area contributed by atoms with Gasteiger partial charge in [0.25, 0.3) is 0 Å². The Balaban J connectivity index is 1.62. The lowest BCUT2D eigenvalue weighted by atomic mass is 10.0. The SMILES string of the molecule is CC(CCCNC(C)(C)C)N1CC2CCCC2C1. The van der Waals surface area contributed by atoms with Crippen LogP contribution in [-0.4, -0.2) is 36.1 Å². The molecule has 106 valence electrons. The highest BCUT2D eigenvalue weighted by Crippen LogP contribution is 2.38. The van der Waals surface area contributed by atoms with Crippen molar-refractivity contribution in [3.63, 3.8) is 0 Å². The zero-order valence-corrected chi connectivity index (χ0v) is 12.8. The van der Waals surface area contributed by atoms with E-state index in [9.17, 15) is 0 Å². The summed E-state index contributed by atoms with van der Waals surface area (Å²) in [7, 11) is 0. The van der Waals surface area contributed by atoms with Crippen LogP contribution < -0.4 is 5.32 Å². The molecule has 1 N–H and O–H groups in total. The zero-order valence-electron chi connectivity index (χ0n) is 12.8. The molecule has 0 amide bonds. The predicted molar refractivity (Wildman–Crippen MR) is 78.9 cm³/mol. The van der Waals surface area contributed by atoms with E-state index >= 15 is 0 Å². The molecular formula is C16H32N2. The molecule has 0 radical (unpaired) electrons. The van der Waals surface area contributed by atoms with E-state index in [1.165, 1.54) is 45.2 Å². The molecule has 3 unspecified atom stereocenters. The minimum absolute atomic E-state index is 0.272. The molecule has 0 spiro atoms. The van der Waals surface area contributed by atoms with Gasteiger partial charge in [-0.05, 0) is 71.8 Å². The average molecular weight is 252 g/mol. The predicted octanol–water partition coefficient (Wildman–Crippen LogP) is 3.28. The molecule has 2 heteroatoms. The van der Waals surface area contributed by atoms with Gasteiger partial charge in [-0.15, -0.1) is 0 Å². The van der Waals surface area contributed by atoms with Gasteiger partial charge in [-0.2, -0.15) is 0 Å². The van der Waals surface area contributed by atoms with Crippen molar-refractivity contribution in [2.45, 2.75) is 71.4 Å². The quantitative estimate of drug-likeness (QED) is 0.756. The first-order chi connectivity index (χ1) is 8.46. The van der Waals surface area contributed by atoms with Crippen LogP contribution in [0, 0.1) is 11.8 Å². The van der Waals surface area contributed by atoms with Gasteiger partial charge >= 0.3 is 0 Å². The number of rotatable bonds is 5. The average Bonchev–Trinajstić information content (AvgIpc) is 2.82. The largest absolute Gasteiger partial charge is 0.312 e. The van der Waals surface area contributed by atoms with Gasteiger partial charge in [0.2, 0.25) is 0 Å². The maximum Gasteiger partial charge on any atom is 0.00965 e. The van der Waals surface area contributed by atoms with Crippen molar-refractivity contribution in [2.24, 2.45) is 11.8 Å². The lowest BCUT2D eigenvalue weighted by molar-refractivity contribution is 0.223. The smallest absolute Gasteiger partial charge is 0.00965 e. The molecule has 2 nitrogen and oxygen atoms in total. The molecular weight excluding hydrogens is 220 g/mol. The van der Waals surface area contributed by atoms with Gasteiger partial charge in [-0.3, -0.25) is 0 Å². The van der Waals surface area contributed by atoms with E-state index in [-0.39, 0.29) is 5.54 Å². The van der Waals surface area contributed by atoms with Gasteiger partial charge in [0.05, 0.1) is 0 Å². The van der Waals surface area contributed by atoms with Crippen LogP contribution in [0.1, 0.15) is 59.8 Å². The first-order valence-electron chi connectivity index (χ1n) is 7.95. The maximum atomic E-state index is 3.59. The third-order valence-electron chi connectivity index (χ3n) is 4.83. The number of likely N-dealkylation sites (tertiary alicyclic amines) is 1. The highest BCUT2D eigenvalue weighted by molar-refractivity contribution is 4.90. The second-order valence-corrected chi connectivity index (χ2v) is 7.57. The van der Waals surface area contributed by atoms with Crippen LogP contribution in [0.5, 0.6) is 0 Å². The summed E-state index contributed by atoms with van der Waals surface area (Å²) in [5.41, 5.74) is 0.272. The summed E-state index contributed by atoms with van der Waals surface area (Å²) in [5.74, 6) is 2.08. The van der Waals surface area contributed by atoms with E-state index in [1.54, 1.807) is 0 Å². The van der Waals surface area contributed by atoms with Crippen LogP contribution in [0.4, 0.5) is 0 Å². The Morgan fingerprint density at radius 2 is 1.78 bits per heavy atom. The van der Waals surface area contributed by atoms with Gasteiger partial charge in [0.1, 0.15) is 0 Å². The molecule has 0 bridgehead atoms. The van der Waals surface area contributed by atoms with Crippen LogP contribution in [0.3, 0.4) is 0 Å². The van der Waals surface area contributed by atoms with E-state index in [2.05, 4.69) is 37.9 Å². The van der Waals surface area contributed by atoms with Crippen molar-refractivity contribution in [1.29, 1.82) is 0 Å². The number of fused-ring (bicyclic) bond motifs is 1. The molecule has 1 aliphatic carbocycles. The number of nitrogens with zero attached hydrogens (tertiary/aromatic N) is 1. The zero-order chi connectivity index (χ0) is 13.2. The van der Waals surface area contributed by atoms with E-state index in [4.69, 9.17) is 0 Å². The lowest BCUT2D eigenvalue weighted by Gasteiger charge is -2.26. The summed E-state index contributed by atoms with van der Waals surface area (Å²) in [5, 5.41) is 3.59. The molecule has 0 aromatic rings. The Hall–Kier alpha value is -0.0800.